The highest BCUT2D eigenvalue weighted by molar-refractivity contribution is 9.10. The SMILES string of the molecule is CCOc1cc(CNCCC(C)C)cc(Br)c1OCc1ccc(F)cc1Cl. The summed E-state index contributed by atoms with van der Waals surface area (Å²) >= 11 is 9.66. The smallest absolute Gasteiger partial charge is 0.175 e. The third kappa shape index (κ3) is 6.98. The van der Waals surface area contributed by atoms with Crippen molar-refractivity contribution in [2.45, 2.75) is 40.3 Å². The second kappa shape index (κ2) is 10.9. The summed E-state index contributed by atoms with van der Waals surface area (Å²) in [6.45, 7) is 8.85. The molecule has 148 valence electrons. The van der Waals surface area contributed by atoms with Crippen LogP contribution in [0.2, 0.25) is 5.02 Å². The molecule has 0 aliphatic rings. The Labute approximate surface area is 174 Å². The van der Waals surface area contributed by atoms with Crippen molar-refractivity contribution in [1.29, 1.82) is 0 Å². The molecule has 0 saturated carbocycles. The van der Waals surface area contributed by atoms with Gasteiger partial charge in [-0.3, -0.25) is 0 Å². The highest BCUT2D eigenvalue weighted by Crippen LogP contribution is 2.38. The number of halogens is 3. The van der Waals surface area contributed by atoms with Crippen LogP contribution in [0.15, 0.2) is 34.8 Å². The molecule has 3 nitrogen and oxygen atoms in total. The van der Waals surface area contributed by atoms with Crippen molar-refractivity contribution in [3.63, 3.8) is 0 Å². The average molecular weight is 459 g/mol. The molecule has 1 N–H and O–H groups in total. The Bertz CT molecular complexity index is 755. The van der Waals surface area contributed by atoms with Crippen molar-refractivity contribution in [2.24, 2.45) is 5.92 Å². The van der Waals surface area contributed by atoms with E-state index in [1.54, 1.807) is 6.07 Å². The minimum absolute atomic E-state index is 0.226. The van der Waals surface area contributed by atoms with Gasteiger partial charge in [-0.25, -0.2) is 4.39 Å². The Morgan fingerprint density at radius 2 is 1.96 bits per heavy atom. The summed E-state index contributed by atoms with van der Waals surface area (Å²) in [5, 5.41) is 3.79. The van der Waals surface area contributed by atoms with Crippen LogP contribution in [0.4, 0.5) is 4.39 Å². The highest BCUT2D eigenvalue weighted by atomic mass is 79.9. The number of benzene rings is 2. The molecule has 0 bridgehead atoms. The van der Waals surface area contributed by atoms with Gasteiger partial charge in [-0.15, -0.1) is 0 Å². The summed E-state index contributed by atoms with van der Waals surface area (Å²) < 4.78 is 25.7. The van der Waals surface area contributed by atoms with E-state index >= 15 is 0 Å². The summed E-state index contributed by atoms with van der Waals surface area (Å²) in [7, 11) is 0. The molecule has 2 aromatic rings. The van der Waals surface area contributed by atoms with Gasteiger partial charge in [-0.05, 0) is 71.6 Å². The molecule has 2 rings (SSSR count). The van der Waals surface area contributed by atoms with Crippen LogP contribution in [0.5, 0.6) is 11.5 Å². The fraction of sp³-hybridized carbons (Fsp3) is 0.429. The molecule has 0 atom stereocenters. The van der Waals surface area contributed by atoms with Crippen molar-refractivity contribution in [2.75, 3.05) is 13.2 Å². The van der Waals surface area contributed by atoms with Crippen LogP contribution < -0.4 is 14.8 Å². The zero-order valence-electron chi connectivity index (χ0n) is 16.0. The number of hydrogen-bond donors (Lipinski definition) is 1. The lowest BCUT2D eigenvalue weighted by molar-refractivity contribution is 0.267. The lowest BCUT2D eigenvalue weighted by Crippen LogP contribution is -2.16. The van der Waals surface area contributed by atoms with Gasteiger partial charge in [0.1, 0.15) is 12.4 Å². The van der Waals surface area contributed by atoms with Gasteiger partial charge in [-0.2, -0.15) is 0 Å². The minimum Gasteiger partial charge on any atom is -0.490 e. The van der Waals surface area contributed by atoms with Crippen LogP contribution in [0.1, 0.15) is 38.3 Å². The third-order valence-electron chi connectivity index (χ3n) is 3.98. The van der Waals surface area contributed by atoms with Crippen LogP contribution in [-0.4, -0.2) is 13.2 Å². The largest absolute Gasteiger partial charge is 0.490 e. The number of ether oxygens (including phenoxy) is 2. The lowest BCUT2D eigenvalue weighted by atomic mass is 10.1. The standard InChI is InChI=1S/C21H26BrClFNO2/c1-4-26-20-10-15(12-25-8-7-14(2)3)9-18(22)21(20)27-13-16-5-6-17(24)11-19(16)23/h5-6,9-11,14,25H,4,7-8,12-13H2,1-3H3. The zero-order valence-corrected chi connectivity index (χ0v) is 18.3. The van der Waals surface area contributed by atoms with Crippen molar-refractivity contribution < 1.29 is 13.9 Å². The molecular weight excluding hydrogens is 433 g/mol. The van der Waals surface area contributed by atoms with Gasteiger partial charge in [0, 0.05) is 12.1 Å². The molecule has 0 heterocycles. The predicted molar refractivity (Wildman–Crippen MR) is 112 cm³/mol. The monoisotopic (exact) mass is 457 g/mol. The topological polar surface area (TPSA) is 30.5 Å². The molecule has 0 radical (unpaired) electrons. The fourth-order valence-corrected chi connectivity index (χ4v) is 3.36. The van der Waals surface area contributed by atoms with E-state index in [-0.39, 0.29) is 12.4 Å². The Morgan fingerprint density at radius 1 is 1.19 bits per heavy atom. The van der Waals surface area contributed by atoms with Crippen molar-refractivity contribution in [3.8, 4) is 11.5 Å². The van der Waals surface area contributed by atoms with E-state index in [2.05, 4.69) is 35.1 Å². The van der Waals surface area contributed by atoms with Gasteiger partial charge in [0.2, 0.25) is 0 Å². The minimum atomic E-state index is -0.366. The zero-order chi connectivity index (χ0) is 19.8. The number of nitrogens with one attached hydrogen (secondary N) is 1. The van der Waals surface area contributed by atoms with Crippen molar-refractivity contribution in [1.82, 2.24) is 5.32 Å². The Balaban J connectivity index is 2.10. The molecule has 0 aromatic heterocycles. The first-order valence-corrected chi connectivity index (χ1v) is 10.3. The van der Waals surface area contributed by atoms with Crippen molar-refractivity contribution >= 4 is 27.5 Å². The molecule has 0 spiro atoms. The Hall–Kier alpha value is -1.30. The van der Waals surface area contributed by atoms with Gasteiger partial charge in [0.15, 0.2) is 11.5 Å². The van der Waals surface area contributed by atoms with Crippen LogP contribution in [0.25, 0.3) is 0 Å². The van der Waals surface area contributed by atoms with Crippen LogP contribution in [-0.2, 0) is 13.2 Å². The summed E-state index contributed by atoms with van der Waals surface area (Å²) in [6, 6.07) is 8.28. The maximum absolute atomic E-state index is 13.2. The lowest BCUT2D eigenvalue weighted by Gasteiger charge is -2.16. The third-order valence-corrected chi connectivity index (χ3v) is 4.92. The van der Waals surface area contributed by atoms with Crippen molar-refractivity contribution in [3.05, 3.63) is 56.8 Å². The molecule has 27 heavy (non-hydrogen) atoms. The molecule has 0 saturated heterocycles. The maximum Gasteiger partial charge on any atom is 0.175 e. The van der Waals surface area contributed by atoms with Gasteiger partial charge in [0.25, 0.3) is 0 Å². The number of rotatable bonds is 10. The van der Waals surface area contributed by atoms with E-state index in [0.717, 1.165) is 29.5 Å². The maximum atomic E-state index is 13.2. The molecule has 0 fully saturated rings. The molecular formula is C21H26BrClFNO2. The predicted octanol–water partition coefficient (Wildman–Crippen LogP) is 6.36. The van der Waals surface area contributed by atoms with Gasteiger partial charge >= 0.3 is 0 Å². The van der Waals surface area contributed by atoms with E-state index in [1.807, 2.05) is 19.1 Å². The highest BCUT2D eigenvalue weighted by Gasteiger charge is 2.13. The average Bonchev–Trinajstić information content (AvgIpc) is 2.59. The second-order valence-corrected chi connectivity index (χ2v) is 7.98. The molecule has 6 heteroatoms. The second-order valence-electron chi connectivity index (χ2n) is 6.72. The van der Waals surface area contributed by atoms with E-state index in [4.69, 9.17) is 21.1 Å². The van der Waals surface area contributed by atoms with Crippen LogP contribution >= 0.6 is 27.5 Å². The van der Waals surface area contributed by atoms with Gasteiger partial charge in [-0.1, -0.05) is 31.5 Å². The Morgan fingerprint density at radius 3 is 2.63 bits per heavy atom. The van der Waals surface area contributed by atoms with E-state index in [9.17, 15) is 4.39 Å². The van der Waals surface area contributed by atoms with Crippen LogP contribution in [0.3, 0.4) is 0 Å². The van der Waals surface area contributed by atoms with E-state index < -0.39 is 0 Å². The molecule has 0 unspecified atom stereocenters. The number of hydrogen-bond acceptors (Lipinski definition) is 3. The Kier molecular flexibility index (Phi) is 8.87. The molecule has 0 amide bonds. The fourth-order valence-electron chi connectivity index (χ4n) is 2.54. The quantitative estimate of drug-likeness (QED) is 0.420. The van der Waals surface area contributed by atoms with E-state index in [1.165, 1.54) is 12.1 Å². The summed E-state index contributed by atoms with van der Waals surface area (Å²) in [4.78, 5) is 0. The first kappa shape index (κ1) is 22.0. The molecule has 2 aromatic carbocycles. The van der Waals surface area contributed by atoms with Gasteiger partial charge < -0.3 is 14.8 Å². The molecule has 0 aliphatic heterocycles. The van der Waals surface area contributed by atoms with Crippen LogP contribution in [0, 0.1) is 11.7 Å². The normalized spacial score (nSPS) is 11.1. The summed E-state index contributed by atoms with van der Waals surface area (Å²) in [6.07, 6.45) is 1.14. The van der Waals surface area contributed by atoms with E-state index in [0.29, 0.717) is 34.6 Å². The first-order valence-electron chi connectivity index (χ1n) is 9.13. The summed E-state index contributed by atoms with van der Waals surface area (Å²) in [5.74, 6) is 1.60. The van der Waals surface area contributed by atoms with Gasteiger partial charge in [0.05, 0.1) is 16.1 Å². The molecule has 0 aliphatic carbocycles. The summed E-state index contributed by atoms with van der Waals surface area (Å²) in [5.41, 5.74) is 1.83. The first-order chi connectivity index (χ1) is 12.9.